The van der Waals surface area contributed by atoms with Crippen molar-refractivity contribution in [3.05, 3.63) is 29.8 Å². The molecular formula is C16H21NO. The number of nitriles is 1. The Morgan fingerprint density at radius 2 is 2.06 bits per heavy atom. The van der Waals surface area contributed by atoms with Crippen molar-refractivity contribution in [3.63, 3.8) is 0 Å². The molecule has 0 heterocycles. The van der Waals surface area contributed by atoms with Gasteiger partial charge in [-0.25, -0.2) is 0 Å². The van der Waals surface area contributed by atoms with E-state index >= 15 is 0 Å². The lowest BCUT2D eigenvalue weighted by molar-refractivity contribution is 0.236. The molecule has 0 bridgehead atoms. The van der Waals surface area contributed by atoms with Crippen LogP contribution in [0.25, 0.3) is 0 Å². The Hall–Kier alpha value is -1.49. The van der Waals surface area contributed by atoms with Gasteiger partial charge in [0.25, 0.3) is 0 Å². The first-order chi connectivity index (χ1) is 8.45. The number of hydrogen-bond acceptors (Lipinski definition) is 2. The first-order valence-electron chi connectivity index (χ1n) is 6.56. The van der Waals surface area contributed by atoms with Crippen LogP contribution in [-0.4, -0.2) is 6.61 Å². The molecule has 1 fully saturated rings. The summed E-state index contributed by atoms with van der Waals surface area (Å²) in [5.74, 6) is 0.923. The third kappa shape index (κ3) is 3.04. The summed E-state index contributed by atoms with van der Waals surface area (Å²) < 4.78 is 5.87. The maximum Gasteiger partial charge on any atom is 0.119 e. The molecule has 0 N–H and O–H groups in total. The van der Waals surface area contributed by atoms with Crippen LogP contribution in [0.1, 0.15) is 45.6 Å². The Kier molecular flexibility index (Phi) is 3.34. The molecule has 1 aromatic carbocycles. The molecule has 0 spiro atoms. The first kappa shape index (κ1) is 13.0. The summed E-state index contributed by atoms with van der Waals surface area (Å²) in [4.78, 5) is 0. The lowest BCUT2D eigenvalue weighted by Gasteiger charge is -2.20. The van der Waals surface area contributed by atoms with Gasteiger partial charge in [0, 0.05) is 11.8 Å². The van der Waals surface area contributed by atoms with Gasteiger partial charge in [0.1, 0.15) is 5.75 Å². The summed E-state index contributed by atoms with van der Waals surface area (Å²) in [6.45, 7) is 7.27. The average molecular weight is 243 g/mol. The lowest BCUT2D eigenvalue weighted by atomic mass is 9.87. The predicted octanol–water partition coefficient (Wildman–Crippen LogP) is 4.06. The molecule has 1 aliphatic rings. The van der Waals surface area contributed by atoms with Crippen molar-refractivity contribution < 1.29 is 4.74 Å². The smallest absolute Gasteiger partial charge is 0.119 e. The molecule has 0 unspecified atom stereocenters. The van der Waals surface area contributed by atoms with Crippen LogP contribution < -0.4 is 4.74 Å². The molecule has 0 aromatic heterocycles. The summed E-state index contributed by atoms with van der Waals surface area (Å²) in [6.07, 6.45) is 2.87. The monoisotopic (exact) mass is 243 g/mol. The van der Waals surface area contributed by atoms with Gasteiger partial charge in [0.05, 0.1) is 12.7 Å². The highest BCUT2D eigenvalue weighted by Crippen LogP contribution is 2.48. The Morgan fingerprint density at radius 3 is 2.61 bits per heavy atom. The van der Waals surface area contributed by atoms with Gasteiger partial charge in [-0.2, -0.15) is 5.26 Å². The molecule has 2 rings (SSSR count). The molecule has 1 saturated carbocycles. The van der Waals surface area contributed by atoms with Crippen LogP contribution in [0.15, 0.2) is 24.3 Å². The van der Waals surface area contributed by atoms with Crippen LogP contribution in [0.4, 0.5) is 0 Å². The standard InChI is InChI=1S/C16H21NO/c1-15(2,3)13-5-4-6-14(11-13)18-12-16(7-8-16)9-10-17/h4-6,11H,7-9,12H2,1-3H3. The molecule has 1 aromatic rings. The number of ether oxygens (including phenoxy) is 1. The summed E-state index contributed by atoms with van der Waals surface area (Å²) in [7, 11) is 0. The lowest BCUT2D eigenvalue weighted by Crippen LogP contribution is -2.14. The zero-order valence-corrected chi connectivity index (χ0v) is 11.5. The minimum atomic E-state index is 0.142. The fraction of sp³-hybridized carbons (Fsp3) is 0.562. The SMILES string of the molecule is CC(C)(C)c1cccc(OCC2(CC#N)CC2)c1. The molecule has 0 aliphatic heterocycles. The van der Waals surface area contributed by atoms with Crippen LogP contribution in [0.3, 0.4) is 0 Å². The fourth-order valence-corrected chi connectivity index (χ4v) is 2.01. The Labute approximate surface area is 110 Å². The minimum Gasteiger partial charge on any atom is -0.493 e. The second-order valence-electron chi connectivity index (χ2n) is 6.40. The van der Waals surface area contributed by atoms with E-state index in [1.807, 2.05) is 12.1 Å². The van der Waals surface area contributed by atoms with E-state index in [1.165, 1.54) is 5.56 Å². The average Bonchev–Trinajstić information content (AvgIpc) is 3.07. The molecule has 2 nitrogen and oxygen atoms in total. The molecule has 0 radical (unpaired) electrons. The van der Waals surface area contributed by atoms with Crippen LogP contribution in [0, 0.1) is 16.7 Å². The van der Waals surface area contributed by atoms with Crippen molar-refractivity contribution >= 4 is 0 Å². The highest BCUT2D eigenvalue weighted by molar-refractivity contribution is 5.32. The number of hydrogen-bond donors (Lipinski definition) is 0. The zero-order valence-electron chi connectivity index (χ0n) is 11.5. The summed E-state index contributed by atoms with van der Waals surface area (Å²) >= 11 is 0. The van der Waals surface area contributed by atoms with Crippen LogP contribution >= 0.6 is 0 Å². The predicted molar refractivity (Wildman–Crippen MR) is 72.5 cm³/mol. The Balaban J connectivity index is 2.01. The van der Waals surface area contributed by atoms with Crippen molar-refractivity contribution in [1.82, 2.24) is 0 Å². The van der Waals surface area contributed by atoms with Crippen LogP contribution in [0.2, 0.25) is 0 Å². The van der Waals surface area contributed by atoms with Crippen LogP contribution in [0.5, 0.6) is 5.75 Å². The quantitative estimate of drug-likeness (QED) is 0.799. The third-order valence-electron chi connectivity index (χ3n) is 3.66. The normalized spacial score (nSPS) is 17.0. The Morgan fingerprint density at radius 1 is 1.33 bits per heavy atom. The largest absolute Gasteiger partial charge is 0.493 e. The van der Waals surface area contributed by atoms with Gasteiger partial charge in [-0.1, -0.05) is 32.9 Å². The molecule has 96 valence electrons. The van der Waals surface area contributed by atoms with Gasteiger partial charge >= 0.3 is 0 Å². The highest BCUT2D eigenvalue weighted by Gasteiger charge is 2.43. The number of rotatable bonds is 4. The molecule has 0 amide bonds. The van der Waals surface area contributed by atoms with Gasteiger partial charge in [0.2, 0.25) is 0 Å². The van der Waals surface area contributed by atoms with E-state index in [0.717, 1.165) is 18.6 Å². The van der Waals surface area contributed by atoms with Crippen molar-refractivity contribution in [1.29, 1.82) is 5.26 Å². The molecule has 0 saturated heterocycles. The van der Waals surface area contributed by atoms with Gasteiger partial charge < -0.3 is 4.74 Å². The minimum absolute atomic E-state index is 0.142. The van der Waals surface area contributed by atoms with Gasteiger partial charge in [-0.15, -0.1) is 0 Å². The van der Waals surface area contributed by atoms with E-state index < -0.39 is 0 Å². The summed E-state index contributed by atoms with van der Waals surface area (Å²) in [6, 6.07) is 10.5. The van der Waals surface area contributed by atoms with E-state index in [0.29, 0.717) is 13.0 Å². The van der Waals surface area contributed by atoms with Crippen molar-refractivity contribution in [2.45, 2.75) is 45.4 Å². The molecule has 2 heteroatoms. The summed E-state index contributed by atoms with van der Waals surface area (Å²) in [5.41, 5.74) is 1.57. The maximum absolute atomic E-state index is 8.78. The van der Waals surface area contributed by atoms with Crippen LogP contribution in [-0.2, 0) is 5.41 Å². The fourth-order valence-electron chi connectivity index (χ4n) is 2.01. The highest BCUT2D eigenvalue weighted by atomic mass is 16.5. The maximum atomic E-state index is 8.78. The second kappa shape index (κ2) is 4.65. The molecule has 1 aliphatic carbocycles. The van der Waals surface area contributed by atoms with Crippen molar-refractivity contribution in [2.24, 2.45) is 5.41 Å². The van der Waals surface area contributed by atoms with E-state index in [-0.39, 0.29) is 10.8 Å². The zero-order chi connectivity index (χ0) is 13.2. The van der Waals surface area contributed by atoms with E-state index in [2.05, 4.69) is 39.0 Å². The summed E-state index contributed by atoms with van der Waals surface area (Å²) in [5, 5.41) is 8.78. The second-order valence-corrected chi connectivity index (χ2v) is 6.40. The topological polar surface area (TPSA) is 33.0 Å². The first-order valence-corrected chi connectivity index (χ1v) is 6.56. The third-order valence-corrected chi connectivity index (χ3v) is 3.66. The van der Waals surface area contributed by atoms with Gasteiger partial charge in [-0.3, -0.25) is 0 Å². The van der Waals surface area contributed by atoms with Crippen molar-refractivity contribution in [2.75, 3.05) is 6.61 Å². The van der Waals surface area contributed by atoms with E-state index in [1.54, 1.807) is 0 Å². The van der Waals surface area contributed by atoms with Gasteiger partial charge in [-0.05, 0) is 36.0 Å². The molecule has 0 atom stereocenters. The van der Waals surface area contributed by atoms with E-state index in [4.69, 9.17) is 10.00 Å². The molecular weight excluding hydrogens is 222 g/mol. The van der Waals surface area contributed by atoms with E-state index in [9.17, 15) is 0 Å². The van der Waals surface area contributed by atoms with Gasteiger partial charge in [0.15, 0.2) is 0 Å². The number of benzene rings is 1. The number of nitrogens with zero attached hydrogens (tertiary/aromatic N) is 1. The van der Waals surface area contributed by atoms with Crippen molar-refractivity contribution in [3.8, 4) is 11.8 Å². The Bertz CT molecular complexity index is 461. The molecule has 18 heavy (non-hydrogen) atoms.